The Labute approximate surface area is 164 Å². The van der Waals surface area contributed by atoms with E-state index in [2.05, 4.69) is 10.3 Å². The van der Waals surface area contributed by atoms with E-state index < -0.39 is 10.0 Å². The molecular weight excluding hydrogens is 382 g/mol. The van der Waals surface area contributed by atoms with E-state index in [9.17, 15) is 13.2 Å². The Morgan fingerprint density at radius 1 is 1.14 bits per heavy atom. The van der Waals surface area contributed by atoms with Crippen molar-refractivity contribution < 1.29 is 22.7 Å². The van der Waals surface area contributed by atoms with E-state index >= 15 is 0 Å². The van der Waals surface area contributed by atoms with Gasteiger partial charge in [-0.1, -0.05) is 0 Å². The van der Waals surface area contributed by atoms with E-state index in [0.717, 1.165) is 0 Å². The number of hydrogen-bond donors (Lipinski definition) is 1. The summed E-state index contributed by atoms with van der Waals surface area (Å²) >= 11 is 0. The summed E-state index contributed by atoms with van der Waals surface area (Å²) in [5.74, 6) is 0.714. The predicted molar refractivity (Wildman–Crippen MR) is 104 cm³/mol. The second kappa shape index (κ2) is 8.57. The van der Waals surface area contributed by atoms with Crippen LogP contribution in [0.1, 0.15) is 12.8 Å². The van der Waals surface area contributed by atoms with Gasteiger partial charge in [-0.15, -0.1) is 0 Å². The molecule has 0 bridgehead atoms. The highest BCUT2D eigenvalue weighted by atomic mass is 32.2. The molecule has 1 fully saturated rings. The number of ether oxygens (including phenoxy) is 2. The molecule has 2 aromatic rings. The van der Waals surface area contributed by atoms with Gasteiger partial charge in [0.25, 0.3) is 0 Å². The lowest BCUT2D eigenvalue weighted by Gasteiger charge is -2.30. The number of carbonyl (C=O) groups excluding carboxylic acids is 1. The molecule has 9 heteroatoms. The molecule has 2 heterocycles. The molecule has 3 rings (SSSR count). The lowest BCUT2D eigenvalue weighted by molar-refractivity contribution is -0.120. The van der Waals surface area contributed by atoms with Gasteiger partial charge in [0, 0.05) is 43.2 Å². The number of carbonyl (C=O) groups is 1. The summed E-state index contributed by atoms with van der Waals surface area (Å²) in [5, 5.41) is 2.87. The van der Waals surface area contributed by atoms with Gasteiger partial charge in [0.15, 0.2) is 11.5 Å². The first-order chi connectivity index (χ1) is 13.5. The summed E-state index contributed by atoms with van der Waals surface area (Å²) < 4.78 is 37.1. The molecule has 150 valence electrons. The number of nitrogens with one attached hydrogen (secondary N) is 1. The summed E-state index contributed by atoms with van der Waals surface area (Å²) in [6, 6.07) is 8.27. The first kappa shape index (κ1) is 20.1. The molecule has 0 saturated carbocycles. The van der Waals surface area contributed by atoms with Crippen LogP contribution < -0.4 is 14.8 Å². The lowest BCUT2D eigenvalue weighted by atomic mass is 9.97. The molecule has 0 radical (unpaired) electrons. The minimum Gasteiger partial charge on any atom is -0.493 e. The number of hydrogen-bond acceptors (Lipinski definition) is 6. The fraction of sp³-hybridized carbons (Fsp3) is 0.368. The van der Waals surface area contributed by atoms with Crippen LogP contribution in [0, 0.1) is 5.92 Å². The van der Waals surface area contributed by atoms with Crippen LogP contribution in [0.4, 0.5) is 5.69 Å². The molecule has 1 amide bonds. The molecule has 0 unspecified atom stereocenters. The molecule has 8 nitrogen and oxygen atoms in total. The number of rotatable bonds is 6. The molecule has 1 aromatic heterocycles. The number of methoxy groups -OCH3 is 2. The monoisotopic (exact) mass is 405 g/mol. The van der Waals surface area contributed by atoms with Crippen LogP contribution in [0.25, 0.3) is 0 Å². The van der Waals surface area contributed by atoms with Crippen molar-refractivity contribution in [3.8, 4) is 11.5 Å². The van der Waals surface area contributed by atoms with Crippen LogP contribution in [0.15, 0.2) is 47.6 Å². The van der Waals surface area contributed by atoms with Gasteiger partial charge in [0.2, 0.25) is 15.9 Å². The second-order valence-electron chi connectivity index (χ2n) is 6.43. The SMILES string of the molecule is COc1ccc(NC(=O)C2CCN(S(=O)(=O)c3cccnc3)CC2)cc1OC. The molecule has 1 aromatic carbocycles. The second-order valence-corrected chi connectivity index (χ2v) is 8.36. The largest absolute Gasteiger partial charge is 0.493 e. The smallest absolute Gasteiger partial charge is 0.244 e. The lowest BCUT2D eigenvalue weighted by Crippen LogP contribution is -2.41. The molecule has 28 heavy (non-hydrogen) atoms. The molecule has 0 aliphatic carbocycles. The van der Waals surface area contributed by atoms with Crippen LogP contribution in [-0.4, -0.2) is 50.9 Å². The Morgan fingerprint density at radius 3 is 2.46 bits per heavy atom. The molecule has 0 spiro atoms. The first-order valence-corrected chi connectivity index (χ1v) is 10.3. The maximum absolute atomic E-state index is 12.6. The van der Waals surface area contributed by atoms with Crippen molar-refractivity contribution in [3.05, 3.63) is 42.7 Å². The number of nitrogens with zero attached hydrogens (tertiary/aromatic N) is 2. The Hall–Kier alpha value is -2.65. The van der Waals surface area contributed by atoms with E-state index in [1.54, 1.807) is 31.4 Å². The summed E-state index contributed by atoms with van der Waals surface area (Å²) in [5.41, 5.74) is 0.605. The quantitative estimate of drug-likeness (QED) is 0.791. The average Bonchev–Trinajstić information content (AvgIpc) is 2.74. The van der Waals surface area contributed by atoms with Crippen molar-refractivity contribution in [3.63, 3.8) is 0 Å². The van der Waals surface area contributed by atoms with Gasteiger partial charge in [-0.3, -0.25) is 9.78 Å². The van der Waals surface area contributed by atoms with Gasteiger partial charge < -0.3 is 14.8 Å². The number of aromatic nitrogens is 1. The summed E-state index contributed by atoms with van der Waals surface area (Å²) in [6.45, 7) is 0.586. The number of anilines is 1. The van der Waals surface area contributed by atoms with E-state index in [1.807, 2.05) is 0 Å². The fourth-order valence-corrected chi connectivity index (χ4v) is 4.60. The zero-order valence-corrected chi connectivity index (χ0v) is 16.6. The van der Waals surface area contributed by atoms with Crippen molar-refractivity contribution in [2.75, 3.05) is 32.6 Å². The van der Waals surface area contributed by atoms with Crippen LogP contribution in [-0.2, 0) is 14.8 Å². The van der Waals surface area contributed by atoms with Crippen molar-refractivity contribution in [1.82, 2.24) is 9.29 Å². The number of amides is 1. The van der Waals surface area contributed by atoms with Crippen LogP contribution >= 0.6 is 0 Å². The molecule has 1 aliphatic rings. The van der Waals surface area contributed by atoms with E-state index in [-0.39, 0.29) is 16.7 Å². The van der Waals surface area contributed by atoms with Crippen molar-refractivity contribution in [2.45, 2.75) is 17.7 Å². The van der Waals surface area contributed by atoms with Gasteiger partial charge >= 0.3 is 0 Å². The Morgan fingerprint density at radius 2 is 1.86 bits per heavy atom. The normalized spacial score (nSPS) is 15.8. The molecule has 1 aliphatic heterocycles. The number of benzene rings is 1. The summed E-state index contributed by atoms with van der Waals surface area (Å²) in [6.07, 6.45) is 3.78. The average molecular weight is 405 g/mol. The van der Waals surface area contributed by atoms with Gasteiger partial charge in [0.1, 0.15) is 4.90 Å². The predicted octanol–water partition coefficient (Wildman–Crippen LogP) is 2.14. The minimum atomic E-state index is -3.58. The van der Waals surface area contributed by atoms with Gasteiger partial charge in [-0.25, -0.2) is 8.42 Å². The third-order valence-electron chi connectivity index (χ3n) is 4.75. The summed E-state index contributed by atoms with van der Waals surface area (Å²) in [7, 11) is -0.503. The maximum Gasteiger partial charge on any atom is 0.244 e. The highest BCUT2D eigenvalue weighted by molar-refractivity contribution is 7.89. The Balaban J connectivity index is 1.61. The summed E-state index contributed by atoms with van der Waals surface area (Å²) in [4.78, 5) is 16.6. The zero-order valence-electron chi connectivity index (χ0n) is 15.8. The first-order valence-electron chi connectivity index (χ1n) is 8.88. The van der Waals surface area contributed by atoms with Crippen LogP contribution in [0.5, 0.6) is 11.5 Å². The van der Waals surface area contributed by atoms with Crippen molar-refractivity contribution in [2.24, 2.45) is 5.92 Å². The highest BCUT2D eigenvalue weighted by Crippen LogP contribution is 2.30. The topological polar surface area (TPSA) is 97.8 Å². The molecule has 1 N–H and O–H groups in total. The van der Waals surface area contributed by atoms with E-state index in [4.69, 9.17) is 9.47 Å². The molecule has 1 saturated heterocycles. The number of piperidine rings is 1. The maximum atomic E-state index is 12.6. The van der Waals surface area contributed by atoms with E-state index in [1.165, 1.54) is 29.9 Å². The third-order valence-corrected chi connectivity index (χ3v) is 6.63. The minimum absolute atomic E-state index is 0.134. The van der Waals surface area contributed by atoms with Crippen LogP contribution in [0.3, 0.4) is 0 Å². The number of pyridine rings is 1. The van der Waals surface area contributed by atoms with Crippen molar-refractivity contribution >= 4 is 21.6 Å². The standard InChI is InChI=1S/C19H23N3O5S/c1-26-17-6-5-15(12-18(17)27-2)21-19(23)14-7-10-22(11-8-14)28(24,25)16-4-3-9-20-13-16/h3-6,9,12-14H,7-8,10-11H2,1-2H3,(H,21,23). The molecular formula is C19H23N3O5S. The van der Waals surface area contributed by atoms with Gasteiger partial charge in [-0.05, 0) is 37.1 Å². The zero-order chi connectivity index (χ0) is 20.1. The number of sulfonamides is 1. The Kier molecular flexibility index (Phi) is 6.15. The van der Waals surface area contributed by atoms with E-state index in [0.29, 0.717) is 43.1 Å². The molecule has 0 atom stereocenters. The highest BCUT2D eigenvalue weighted by Gasteiger charge is 2.32. The fourth-order valence-electron chi connectivity index (χ4n) is 3.17. The van der Waals surface area contributed by atoms with Crippen molar-refractivity contribution in [1.29, 1.82) is 0 Å². The Bertz CT molecular complexity index is 926. The van der Waals surface area contributed by atoms with Crippen LogP contribution in [0.2, 0.25) is 0 Å². The van der Waals surface area contributed by atoms with Gasteiger partial charge in [0.05, 0.1) is 14.2 Å². The third kappa shape index (κ3) is 4.26. The van der Waals surface area contributed by atoms with Gasteiger partial charge in [-0.2, -0.15) is 4.31 Å².